The van der Waals surface area contributed by atoms with Crippen molar-refractivity contribution in [3.63, 3.8) is 0 Å². The van der Waals surface area contributed by atoms with Gasteiger partial charge in [0.15, 0.2) is 12.0 Å². The number of aliphatic hydroxyl groups excluding tert-OH is 1. The zero-order chi connectivity index (χ0) is 58.5. The van der Waals surface area contributed by atoms with Crippen molar-refractivity contribution < 1.29 is 59.3 Å². The highest BCUT2D eigenvalue weighted by atomic mass is 32.2. The molecule has 0 saturated heterocycles. The fourth-order valence-electron chi connectivity index (χ4n) is 11.2. The number of hydrogen-bond acceptors (Lipinski definition) is 13. The molecule has 7 aromatic rings. The Morgan fingerprint density at radius 1 is 0.713 bits per heavy atom. The highest BCUT2D eigenvalue weighted by Crippen LogP contribution is 2.53. The number of aliphatic hydroxyl groups is 1. The Labute approximate surface area is 466 Å². The molecule has 0 aliphatic carbocycles. The Morgan fingerprint density at radius 3 is 1.70 bits per heavy atom. The number of rotatable bonds is 17. The van der Waals surface area contributed by atoms with Crippen molar-refractivity contribution in [3.8, 4) is 23.0 Å². The molecule has 5 aromatic carbocycles. The first kappa shape index (κ1) is 58.7. The summed E-state index contributed by atoms with van der Waals surface area (Å²) < 4.78 is 98.4. The largest absolute Gasteiger partial charge is 0.541 e. The number of nitrogens with one attached hydrogen (secondary N) is 1. The third-order valence-corrected chi connectivity index (χ3v) is 23.5. The van der Waals surface area contributed by atoms with Gasteiger partial charge in [-0.05, 0) is 100 Å². The second-order valence-electron chi connectivity index (χ2n) is 21.2. The van der Waals surface area contributed by atoms with E-state index in [9.17, 15) is 45.4 Å². The first-order chi connectivity index (χ1) is 37.6. The van der Waals surface area contributed by atoms with Crippen LogP contribution in [0.4, 0.5) is 20.2 Å². The van der Waals surface area contributed by atoms with Crippen LogP contribution in [0.15, 0.2) is 91.3 Å². The van der Waals surface area contributed by atoms with Crippen LogP contribution in [-0.4, -0.2) is 103 Å². The summed E-state index contributed by atoms with van der Waals surface area (Å²) in [6, 6.07) is 20.9. The van der Waals surface area contributed by atoms with Gasteiger partial charge in [-0.3, -0.25) is 28.2 Å². The Morgan fingerprint density at radius 2 is 1.21 bits per heavy atom. The number of aromatic nitrogens is 2. The van der Waals surface area contributed by atoms with Crippen molar-refractivity contribution in [2.24, 2.45) is 0 Å². The van der Waals surface area contributed by atoms with E-state index in [1.54, 1.807) is 68.0 Å². The molecule has 9 rings (SSSR count). The normalized spacial score (nSPS) is 14.4. The molecular weight excluding hydrogens is 1090 g/mol. The molecule has 4 heterocycles. The summed E-state index contributed by atoms with van der Waals surface area (Å²) in [6.45, 7) is 12.8. The lowest BCUT2D eigenvalue weighted by Gasteiger charge is -2.42. The van der Waals surface area contributed by atoms with Crippen LogP contribution < -0.4 is 27.8 Å². The summed E-state index contributed by atoms with van der Waals surface area (Å²) in [4.78, 5) is 37.4. The fourth-order valence-corrected chi connectivity index (χ4v) is 17.5. The number of carbonyl (C=O) groups excluding carboxylic acids is 2. The van der Waals surface area contributed by atoms with Gasteiger partial charge in [0.2, 0.25) is 20.0 Å². The van der Waals surface area contributed by atoms with Gasteiger partial charge in [-0.15, -0.1) is 0 Å². The molecule has 2 amide bonds. The summed E-state index contributed by atoms with van der Waals surface area (Å²) in [5.74, 6) is -0.691. The van der Waals surface area contributed by atoms with E-state index in [2.05, 4.69) is 51.8 Å². The molecule has 0 fully saturated rings. The smallest absolute Gasteiger partial charge is 0.260 e. The minimum absolute atomic E-state index is 0.0433. The van der Waals surface area contributed by atoms with Crippen LogP contribution in [0.5, 0.6) is 23.0 Å². The lowest BCUT2D eigenvalue weighted by Crippen LogP contribution is -2.51. The number of aromatic hydroxyl groups is 1. The number of methoxy groups -OCH3 is 2. The molecule has 2 aliphatic heterocycles. The van der Waals surface area contributed by atoms with Crippen molar-refractivity contribution in [1.29, 1.82) is 0 Å². The quantitative estimate of drug-likeness (QED) is 0.0724. The molecule has 17 nitrogen and oxygen atoms in total. The maximum Gasteiger partial charge on any atom is 0.260 e. The van der Waals surface area contributed by atoms with Gasteiger partial charge >= 0.3 is 0 Å². The average molecular weight is 1150 g/mol. The van der Waals surface area contributed by atoms with Crippen LogP contribution in [-0.2, 0) is 46.0 Å². The standard InChI is InChI=1S/C38H48FN3O7SSi.C20H18FN3O4S/c1-22(2)51(23(3)4,24(5)6)49-36-33-32(37(43)42(38(33)44)21-27-13-16-29(47-8)19-31(27)48-9)35(41(7)50(10,45)46)30-18-26(20-40-34(30)36)17-25-11-14-28(39)15-12-25;1-24(29(2,27)28)18-14-8-12(7-11-3-5-13(21)6-4-11)9-22-17(14)19(25)16-15(18)10-23-20(16)26/h11-16,18-20,22-24,37,43H,17,21H2,1-10H3;3-6,8-9,25H,7,10H2,1-2H3,(H,23,26). The van der Waals surface area contributed by atoms with Crippen molar-refractivity contribution in [3.05, 3.63) is 153 Å². The Kier molecular flexibility index (Phi) is 16.6. The van der Waals surface area contributed by atoms with Crippen LogP contribution in [0.3, 0.4) is 0 Å². The average Bonchev–Trinajstić information content (AvgIpc) is 4.02. The monoisotopic (exact) mass is 1150 g/mol. The number of phenols is 1. The van der Waals surface area contributed by atoms with Gasteiger partial charge in [-0.25, -0.2) is 25.6 Å². The minimum Gasteiger partial charge on any atom is -0.541 e. The second kappa shape index (κ2) is 22.6. The van der Waals surface area contributed by atoms with E-state index in [0.717, 1.165) is 43.4 Å². The molecule has 2 aromatic heterocycles. The Bertz CT molecular complexity index is 3770. The van der Waals surface area contributed by atoms with Crippen molar-refractivity contribution >= 4 is 73.4 Å². The molecule has 1 unspecified atom stereocenters. The van der Waals surface area contributed by atoms with Crippen molar-refractivity contribution in [2.75, 3.05) is 49.4 Å². The lowest BCUT2D eigenvalue weighted by atomic mass is 9.98. The Hall–Kier alpha value is -7.40. The number of sulfonamides is 2. The van der Waals surface area contributed by atoms with E-state index in [1.165, 1.54) is 50.4 Å². The van der Waals surface area contributed by atoms with Crippen LogP contribution >= 0.6 is 0 Å². The molecule has 0 bridgehead atoms. The highest BCUT2D eigenvalue weighted by molar-refractivity contribution is 7.92. The van der Waals surface area contributed by atoms with Gasteiger partial charge in [0.25, 0.3) is 20.1 Å². The van der Waals surface area contributed by atoms with Gasteiger partial charge in [-0.2, -0.15) is 0 Å². The summed E-state index contributed by atoms with van der Waals surface area (Å²) >= 11 is 0. The van der Waals surface area contributed by atoms with Crippen molar-refractivity contribution in [1.82, 2.24) is 20.2 Å². The summed E-state index contributed by atoms with van der Waals surface area (Å²) in [6.07, 6.45) is 4.65. The second-order valence-corrected chi connectivity index (χ2v) is 30.6. The number of amides is 2. The number of halogens is 2. The molecule has 1 atom stereocenters. The van der Waals surface area contributed by atoms with E-state index in [0.29, 0.717) is 57.4 Å². The number of pyridine rings is 2. The maximum absolute atomic E-state index is 14.8. The number of benzene rings is 5. The minimum atomic E-state index is -3.91. The highest BCUT2D eigenvalue weighted by Gasteiger charge is 2.51. The maximum atomic E-state index is 14.8. The molecule has 80 heavy (non-hydrogen) atoms. The number of ether oxygens (including phenoxy) is 2. The summed E-state index contributed by atoms with van der Waals surface area (Å²) in [7, 11) is -4.45. The van der Waals surface area contributed by atoms with Gasteiger partial charge in [0.1, 0.15) is 39.9 Å². The summed E-state index contributed by atoms with van der Waals surface area (Å²) in [5, 5.41) is 26.3. The van der Waals surface area contributed by atoms with E-state index >= 15 is 0 Å². The van der Waals surface area contributed by atoms with E-state index in [-0.39, 0.29) is 80.7 Å². The van der Waals surface area contributed by atoms with E-state index in [4.69, 9.17) is 18.9 Å². The van der Waals surface area contributed by atoms with Crippen molar-refractivity contribution in [2.45, 2.75) is 90.3 Å². The SMILES string of the molecule is CN(c1c2c(c(O)c3ncc(Cc4ccc(F)cc4)cc13)C(=O)NC2)S(C)(=O)=O.COc1ccc(CN2C(=O)c3c(c(N(C)S(C)(=O)=O)c4cc(Cc5ccc(F)cc5)cnc4c3O[Si](C(C)C)(C(C)C)C(C)C)C2O)c(OC)c1. The number of phenolic OH excluding ortho intramolecular Hbond substituents is 1. The number of carbonyl (C=O) groups is 2. The number of fused-ring (bicyclic) bond motifs is 4. The number of hydrogen-bond donors (Lipinski definition) is 3. The fraction of sp³-hybridized carbons (Fsp3) is 0.345. The van der Waals surface area contributed by atoms with Gasteiger partial charge in [0.05, 0.1) is 55.8 Å². The van der Waals surface area contributed by atoms with E-state index < -0.39 is 46.4 Å². The molecular formula is C58H66F2N6O11S2Si. The van der Waals surface area contributed by atoms with Crippen LogP contribution in [0.25, 0.3) is 21.8 Å². The Balaban J connectivity index is 0.000000244. The van der Waals surface area contributed by atoms with Gasteiger partial charge in [-0.1, -0.05) is 65.8 Å². The predicted octanol–water partition coefficient (Wildman–Crippen LogP) is 9.89. The van der Waals surface area contributed by atoms with Gasteiger partial charge < -0.3 is 34.3 Å². The van der Waals surface area contributed by atoms with Crippen LogP contribution in [0.1, 0.15) is 107 Å². The summed E-state index contributed by atoms with van der Waals surface area (Å²) in [5.41, 5.74) is 5.73. The predicted molar refractivity (Wildman–Crippen MR) is 307 cm³/mol. The first-order valence-electron chi connectivity index (χ1n) is 25.8. The zero-order valence-corrected chi connectivity index (χ0v) is 49.3. The molecule has 0 spiro atoms. The number of nitrogens with zero attached hydrogens (tertiary/aromatic N) is 5. The third-order valence-electron chi connectivity index (χ3n) is 15.2. The first-order valence-corrected chi connectivity index (χ1v) is 31.6. The van der Waals surface area contributed by atoms with Gasteiger partial charge in [0, 0.05) is 66.6 Å². The van der Waals surface area contributed by atoms with Crippen LogP contribution in [0.2, 0.25) is 16.6 Å². The molecule has 0 saturated carbocycles. The molecule has 0 radical (unpaired) electrons. The molecule has 424 valence electrons. The molecule has 3 N–H and O–H groups in total. The third kappa shape index (κ3) is 11.1. The number of anilines is 2. The van der Waals surface area contributed by atoms with Crippen LogP contribution in [0, 0.1) is 11.6 Å². The molecule has 2 aliphatic rings. The molecule has 22 heteroatoms. The topological polar surface area (TPSA) is 218 Å². The zero-order valence-electron chi connectivity index (χ0n) is 46.7. The lowest BCUT2D eigenvalue weighted by molar-refractivity contribution is 0.0137. The van der Waals surface area contributed by atoms with E-state index in [1.807, 2.05) is 6.07 Å².